The molecule has 0 aliphatic heterocycles. The van der Waals surface area contributed by atoms with Gasteiger partial charge in [0.1, 0.15) is 12.4 Å². The molecule has 25 heavy (non-hydrogen) atoms. The van der Waals surface area contributed by atoms with Crippen LogP contribution in [0.25, 0.3) is 0 Å². The summed E-state index contributed by atoms with van der Waals surface area (Å²) in [6.07, 6.45) is 7.27. The molecule has 1 aromatic carbocycles. The minimum atomic E-state index is -0.0701. The van der Waals surface area contributed by atoms with E-state index in [0.29, 0.717) is 23.8 Å². The van der Waals surface area contributed by atoms with E-state index in [4.69, 9.17) is 4.74 Å². The number of nitrogens with zero attached hydrogens (tertiary/aromatic N) is 1. The second-order valence-corrected chi connectivity index (χ2v) is 6.55. The second-order valence-electron chi connectivity index (χ2n) is 6.55. The first kappa shape index (κ1) is 17.4. The van der Waals surface area contributed by atoms with Crippen molar-refractivity contribution >= 4 is 5.91 Å². The maximum atomic E-state index is 12.5. The van der Waals surface area contributed by atoms with E-state index in [0.717, 1.165) is 31.2 Å². The molecule has 0 saturated heterocycles. The zero-order chi connectivity index (χ0) is 17.5. The Hall–Kier alpha value is -2.40. The number of hydrogen-bond acceptors (Lipinski definition) is 4. The van der Waals surface area contributed by atoms with Gasteiger partial charge < -0.3 is 15.2 Å². The highest BCUT2D eigenvalue weighted by Gasteiger charge is 2.22. The van der Waals surface area contributed by atoms with Crippen molar-refractivity contribution in [3.05, 3.63) is 59.9 Å². The van der Waals surface area contributed by atoms with Crippen molar-refractivity contribution in [2.75, 3.05) is 6.61 Å². The fourth-order valence-corrected chi connectivity index (χ4v) is 3.14. The van der Waals surface area contributed by atoms with Crippen LogP contribution in [-0.4, -0.2) is 28.6 Å². The molecule has 5 nitrogen and oxygen atoms in total. The predicted octanol–water partition coefficient (Wildman–Crippen LogP) is 2.94. The molecule has 0 bridgehead atoms. The average Bonchev–Trinajstić information content (AvgIpc) is 2.68. The van der Waals surface area contributed by atoms with Crippen LogP contribution in [0, 0.1) is 5.92 Å². The minimum absolute atomic E-state index is 0.0701. The first-order valence-electron chi connectivity index (χ1n) is 8.78. The third kappa shape index (κ3) is 5.03. The maximum Gasteiger partial charge on any atom is 0.251 e. The first-order valence-corrected chi connectivity index (χ1v) is 8.78. The number of nitrogens with one attached hydrogen (secondary N) is 1. The van der Waals surface area contributed by atoms with Gasteiger partial charge in [-0.3, -0.25) is 9.78 Å². The molecule has 1 aliphatic rings. The maximum absolute atomic E-state index is 12.5. The number of benzene rings is 1. The molecule has 0 radical (unpaired) electrons. The number of hydrogen-bond donors (Lipinski definition) is 2. The van der Waals surface area contributed by atoms with Crippen molar-refractivity contribution in [1.82, 2.24) is 10.3 Å². The second kappa shape index (κ2) is 8.62. The number of rotatable bonds is 6. The number of carbonyl (C=O) groups is 1. The van der Waals surface area contributed by atoms with Crippen LogP contribution in [0.3, 0.4) is 0 Å². The lowest BCUT2D eigenvalue weighted by atomic mass is 9.86. The Morgan fingerprint density at radius 2 is 2.04 bits per heavy atom. The molecule has 1 aromatic heterocycles. The van der Waals surface area contributed by atoms with Crippen LogP contribution in [0.5, 0.6) is 5.75 Å². The van der Waals surface area contributed by atoms with Gasteiger partial charge in [-0.2, -0.15) is 0 Å². The van der Waals surface area contributed by atoms with Gasteiger partial charge in [-0.05, 0) is 55.9 Å². The van der Waals surface area contributed by atoms with Gasteiger partial charge in [0, 0.05) is 36.2 Å². The summed E-state index contributed by atoms with van der Waals surface area (Å²) >= 11 is 0. The van der Waals surface area contributed by atoms with Crippen molar-refractivity contribution in [1.29, 1.82) is 0 Å². The molecule has 3 rings (SSSR count). The number of pyridine rings is 1. The van der Waals surface area contributed by atoms with Gasteiger partial charge in [0.05, 0.1) is 0 Å². The number of aliphatic hydroxyl groups is 1. The predicted molar refractivity (Wildman–Crippen MR) is 95.3 cm³/mol. The lowest BCUT2D eigenvalue weighted by molar-refractivity contribution is 0.0913. The van der Waals surface area contributed by atoms with Gasteiger partial charge in [-0.25, -0.2) is 0 Å². The molecule has 1 heterocycles. The lowest BCUT2D eigenvalue weighted by Gasteiger charge is -2.28. The van der Waals surface area contributed by atoms with Crippen molar-refractivity contribution < 1.29 is 14.6 Å². The van der Waals surface area contributed by atoms with Crippen LogP contribution in [0.1, 0.15) is 41.6 Å². The van der Waals surface area contributed by atoms with Gasteiger partial charge in [0.25, 0.3) is 5.91 Å². The van der Waals surface area contributed by atoms with Crippen LogP contribution in [0.15, 0.2) is 48.8 Å². The summed E-state index contributed by atoms with van der Waals surface area (Å²) in [4.78, 5) is 16.5. The van der Waals surface area contributed by atoms with E-state index in [1.807, 2.05) is 24.3 Å². The van der Waals surface area contributed by atoms with Gasteiger partial charge in [0.2, 0.25) is 0 Å². The molecule has 0 spiro atoms. The zero-order valence-corrected chi connectivity index (χ0v) is 14.2. The van der Waals surface area contributed by atoms with Crippen molar-refractivity contribution in [2.45, 2.75) is 38.3 Å². The molecule has 1 amide bonds. The summed E-state index contributed by atoms with van der Waals surface area (Å²) in [5.74, 6) is 0.983. The molecule has 1 fully saturated rings. The van der Waals surface area contributed by atoms with Gasteiger partial charge in [0.15, 0.2) is 0 Å². The van der Waals surface area contributed by atoms with E-state index < -0.39 is 0 Å². The van der Waals surface area contributed by atoms with Gasteiger partial charge in [-0.1, -0.05) is 12.1 Å². The molecule has 2 N–H and O–H groups in total. The first-order chi connectivity index (χ1) is 12.2. The highest BCUT2D eigenvalue weighted by molar-refractivity contribution is 5.94. The molecule has 132 valence electrons. The van der Waals surface area contributed by atoms with Crippen molar-refractivity contribution in [3.8, 4) is 5.75 Å². The number of amides is 1. The van der Waals surface area contributed by atoms with Crippen LogP contribution in [-0.2, 0) is 6.61 Å². The number of carbonyl (C=O) groups excluding carboxylic acids is 1. The lowest BCUT2D eigenvalue weighted by Crippen LogP contribution is -2.38. The van der Waals surface area contributed by atoms with E-state index in [2.05, 4.69) is 10.3 Å². The standard InChI is InChI=1S/C20H24N2O3/c23-13-15-6-8-18(9-7-15)22-20(24)17-4-1-5-19(11-17)25-14-16-3-2-10-21-12-16/h1-5,10-12,15,18,23H,6-9,13-14H2,(H,22,24). The highest BCUT2D eigenvalue weighted by Crippen LogP contribution is 2.24. The largest absolute Gasteiger partial charge is 0.489 e. The van der Waals surface area contributed by atoms with Crippen LogP contribution < -0.4 is 10.1 Å². The van der Waals surface area contributed by atoms with Crippen LogP contribution in [0.2, 0.25) is 0 Å². The molecule has 1 saturated carbocycles. The SMILES string of the molecule is O=C(NC1CCC(CO)CC1)c1cccc(OCc2cccnc2)c1. The normalized spacial score (nSPS) is 20.0. The summed E-state index contributed by atoms with van der Waals surface area (Å²) in [7, 11) is 0. The van der Waals surface area contributed by atoms with E-state index in [9.17, 15) is 9.90 Å². The molecule has 5 heteroatoms. The zero-order valence-electron chi connectivity index (χ0n) is 14.2. The molecular formula is C20H24N2O3. The minimum Gasteiger partial charge on any atom is -0.489 e. The monoisotopic (exact) mass is 340 g/mol. The Morgan fingerprint density at radius 3 is 2.76 bits per heavy atom. The fourth-order valence-electron chi connectivity index (χ4n) is 3.14. The Balaban J connectivity index is 1.54. The Bertz CT molecular complexity index is 682. The van der Waals surface area contributed by atoms with Gasteiger partial charge in [-0.15, -0.1) is 0 Å². The number of aromatic nitrogens is 1. The smallest absolute Gasteiger partial charge is 0.251 e. The molecule has 2 aromatic rings. The molecule has 1 aliphatic carbocycles. The van der Waals surface area contributed by atoms with E-state index >= 15 is 0 Å². The van der Waals surface area contributed by atoms with E-state index in [1.54, 1.807) is 24.5 Å². The number of ether oxygens (including phenoxy) is 1. The fraction of sp³-hybridized carbons (Fsp3) is 0.400. The molecule has 0 atom stereocenters. The van der Waals surface area contributed by atoms with Crippen molar-refractivity contribution in [2.24, 2.45) is 5.92 Å². The summed E-state index contributed by atoms with van der Waals surface area (Å²) < 4.78 is 5.75. The quantitative estimate of drug-likeness (QED) is 0.848. The molecule has 0 unspecified atom stereocenters. The van der Waals surface area contributed by atoms with Crippen molar-refractivity contribution in [3.63, 3.8) is 0 Å². The summed E-state index contributed by atoms with van der Waals surface area (Å²) in [6, 6.07) is 11.3. The van der Waals surface area contributed by atoms with Crippen LogP contribution in [0.4, 0.5) is 0 Å². The van der Waals surface area contributed by atoms with Gasteiger partial charge >= 0.3 is 0 Å². The summed E-state index contributed by atoms with van der Waals surface area (Å²) in [5, 5.41) is 12.3. The summed E-state index contributed by atoms with van der Waals surface area (Å²) in [5.41, 5.74) is 1.59. The third-order valence-electron chi connectivity index (χ3n) is 4.66. The van der Waals surface area contributed by atoms with Crippen LogP contribution >= 0.6 is 0 Å². The highest BCUT2D eigenvalue weighted by atomic mass is 16.5. The number of aliphatic hydroxyl groups excluding tert-OH is 1. The van der Waals surface area contributed by atoms with E-state index in [-0.39, 0.29) is 18.6 Å². The average molecular weight is 340 g/mol. The Labute approximate surface area is 148 Å². The Morgan fingerprint density at radius 1 is 1.20 bits per heavy atom. The Kier molecular flexibility index (Phi) is 6.01. The topological polar surface area (TPSA) is 71.5 Å². The summed E-state index contributed by atoms with van der Waals surface area (Å²) in [6.45, 7) is 0.668. The molecular weight excluding hydrogens is 316 g/mol. The third-order valence-corrected chi connectivity index (χ3v) is 4.66. The van der Waals surface area contributed by atoms with E-state index in [1.165, 1.54) is 0 Å².